The number of anilines is 1. The topological polar surface area (TPSA) is 57.5 Å². The number of rotatable bonds is 3. The van der Waals surface area contributed by atoms with Crippen molar-refractivity contribution >= 4 is 22.6 Å². The van der Waals surface area contributed by atoms with Crippen molar-refractivity contribution in [3.8, 4) is 0 Å². The van der Waals surface area contributed by atoms with Crippen LogP contribution in [-0.2, 0) is 7.05 Å². The number of hydrogen-bond donors (Lipinski definition) is 2. The van der Waals surface area contributed by atoms with Gasteiger partial charge in [-0.15, -0.1) is 0 Å². The number of amides is 2. The zero-order valence-corrected chi connectivity index (χ0v) is 10.6. The molecule has 0 saturated carbocycles. The van der Waals surface area contributed by atoms with Crippen molar-refractivity contribution in [2.45, 2.75) is 0 Å². The number of aliphatic hydroxyl groups excluding tert-OH is 1. The van der Waals surface area contributed by atoms with Crippen molar-refractivity contribution in [2.24, 2.45) is 7.05 Å². The summed E-state index contributed by atoms with van der Waals surface area (Å²) in [6.07, 6.45) is 1.88. The number of para-hydroxylation sites is 1. The van der Waals surface area contributed by atoms with E-state index >= 15 is 0 Å². The van der Waals surface area contributed by atoms with Crippen LogP contribution in [0.5, 0.6) is 0 Å². The number of carbonyl (C=O) groups excluding carboxylic acids is 1. The lowest BCUT2D eigenvalue weighted by atomic mass is 10.2. The van der Waals surface area contributed by atoms with Gasteiger partial charge in [0.15, 0.2) is 0 Å². The third kappa shape index (κ3) is 2.31. The molecular weight excluding hydrogens is 230 g/mol. The Morgan fingerprint density at radius 3 is 2.89 bits per heavy atom. The van der Waals surface area contributed by atoms with Gasteiger partial charge >= 0.3 is 6.03 Å². The van der Waals surface area contributed by atoms with E-state index in [4.69, 9.17) is 5.11 Å². The first-order valence-electron chi connectivity index (χ1n) is 5.80. The van der Waals surface area contributed by atoms with Gasteiger partial charge in [-0.3, -0.25) is 0 Å². The van der Waals surface area contributed by atoms with Crippen molar-refractivity contribution < 1.29 is 9.90 Å². The lowest BCUT2D eigenvalue weighted by Gasteiger charge is -2.16. The van der Waals surface area contributed by atoms with Crippen molar-refractivity contribution in [1.82, 2.24) is 9.47 Å². The number of urea groups is 1. The molecule has 0 radical (unpaired) electrons. The molecule has 0 fully saturated rings. The van der Waals surface area contributed by atoms with Crippen molar-refractivity contribution in [2.75, 3.05) is 25.5 Å². The van der Waals surface area contributed by atoms with E-state index in [1.54, 1.807) is 7.05 Å². The fourth-order valence-electron chi connectivity index (χ4n) is 1.90. The minimum atomic E-state index is -0.222. The maximum atomic E-state index is 11.8. The predicted molar refractivity (Wildman–Crippen MR) is 71.7 cm³/mol. The number of likely N-dealkylation sites (N-methyl/N-ethyl adjacent to an activating group) is 1. The van der Waals surface area contributed by atoms with Crippen LogP contribution in [0.4, 0.5) is 10.5 Å². The number of hydrogen-bond acceptors (Lipinski definition) is 2. The molecule has 2 aromatic rings. The van der Waals surface area contributed by atoms with Gasteiger partial charge in [-0.05, 0) is 6.07 Å². The molecule has 96 valence electrons. The molecule has 1 heterocycles. The van der Waals surface area contributed by atoms with Gasteiger partial charge in [0.2, 0.25) is 0 Å². The van der Waals surface area contributed by atoms with Crippen LogP contribution < -0.4 is 5.32 Å². The molecular formula is C13H17N3O2. The number of fused-ring (bicyclic) bond motifs is 1. The second-order valence-electron chi connectivity index (χ2n) is 4.25. The molecule has 0 bridgehead atoms. The van der Waals surface area contributed by atoms with Gasteiger partial charge in [0, 0.05) is 37.7 Å². The minimum absolute atomic E-state index is 0.0422. The molecule has 5 nitrogen and oxygen atoms in total. The quantitative estimate of drug-likeness (QED) is 0.866. The van der Waals surface area contributed by atoms with Crippen LogP contribution >= 0.6 is 0 Å². The van der Waals surface area contributed by atoms with Gasteiger partial charge in [0.25, 0.3) is 0 Å². The SMILES string of the molecule is CN(CCO)C(=O)Nc1cn(C)c2ccccc12. The molecule has 2 N–H and O–H groups in total. The summed E-state index contributed by atoms with van der Waals surface area (Å²) < 4.78 is 1.97. The fourth-order valence-corrected chi connectivity index (χ4v) is 1.90. The van der Waals surface area contributed by atoms with Gasteiger partial charge in [-0.1, -0.05) is 18.2 Å². The highest BCUT2D eigenvalue weighted by atomic mass is 16.3. The Hall–Kier alpha value is -2.01. The monoisotopic (exact) mass is 247 g/mol. The molecule has 0 saturated heterocycles. The third-order valence-electron chi connectivity index (χ3n) is 2.92. The standard InChI is InChI=1S/C13H17N3O2/c1-15(7-8-17)13(18)14-11-9-16(2)12-6-4-3-5-10(11)12/h3-6,9,17H,7-8H2,1-2H3,(H,14,18). The van der Waals surface area contributed by atoms with Crippen LogP contribution in [0.15, 0.2) is 30.5 Å². The summed E-state index contributed by atoms with van der Waals surface area (Å²) in [6.45, 7) is 0.274. The summed E-state index contributed by atoms with van der Waals surface area (Å²) in [7, 11) is 3.59. The zero-order chi connectivity index (χ0) is 13.1. The van der Waals surface area contributed by atoms with Crippen LogP contribution in [0.25, 0.3) is 10.9 Å². The second kappa shape index (κ2) is 5.10. The maximum Gasteiger partial charge on any atom is 0.321 e. The summed E-state index contributed by atoms with van der Waals surface area (Å²) in [4.78, 5) is 13.3. The van der Waals surface area contributed by atoms with Gasteiger partial charge < -0.3 is 19.9 Å². The van der Waals surface area contributed by atoms with Gasteiger partial charge in [-0.2, -0.15) is 0 Å². The molecule has 1 aromatic heterocycles. The molecule has 2 rings (SSSR count). The van der Waals surface area contributed by atoms with Crippen molar-refractivity contribution in [1.29, 1.82) is 0 Å². The maximum absolute atomic E-state index is 11.8. The average Bonchev–Trinajstić information content (AvgIpc) is 2.67. The Bertz CT molecular complexity index is 562. The van der Waals surface area contributed by atoms with Crippen LogP contribution in [-0.4, -0.2) is 40.8 Å². The lowest BCUT2D eigenvalue weighted by Crippen LogP contribution is -2.33. The van der Waals surface area contributed by atoms with Crippen molar-refractivity contribution in [3.05, 3.63) is 30.5 Å². The molecule has 0 atom stereocenters. The predicted octanol–water partition coefficient (Wildman–Crippen LogP) is 1.63. The normalized spacial score (nSPS) is 10.6. The van der Waals surface area contributed by atoms with E-state index < -0.39 is 0 Å². The highest BCUT2D eigenvalue weighted by Gasteiger charge is 2.11. The van der Waals surface area contributed by atoms with E-state index in [2.05, 4.69) is 5.32 Å². The Labute approximate surface area is 106 Å². The molecule has 0 aliphatic carbocycles. The van der Waals surface area contributed by atoms with E-state index in [9.17, 15) is 4.79 Å². The minimum Gasteiger partial charge on any atom is -0.395 e. The Kier molecular flexibility index (Phi) is 3.53. The van der Waals surface area contributed by atoms with E-state index in [1.807, 2.05) is 42.1 Å². The van der Waals surface area contributed by atoms with Crippen LogP contribution in [0.1, 0.15) is 0 Å². The number of aryl methyl sites for hydroxylation is 1. The summed E-state index contributed by atoms with van der Waals surface area (Å²) >= 11 is 0. The molecule has 5 heteroatoms. The van der Waals surface area contributed by atoms with Gasteiger partial charge in [-0.25, -0.2) is 4.79 Å². The van der Waals surface area contributed by atoms with Gasteiger partial charge in [0.05, 0.1) is 12.3 Å². The summed E-state index contributed by atoms with van der Waals surface area (Å²) in [6, 6.07) is 7.65. The molecule has 1 aromatic carbocycles. The fraction of sp³-hybridized carbons (Fsp3) is 0.308. The highest BCUT2D eigenvalue weighted by molar-refractivity contribution is 6.01. The third-order valence-corrected chi connectivity index (χ3v) is 2.92. The van der Waals surface area contributed by atoms with E-state index in [0.29, 0.717) is 6.54 Å². The highest BCUT2D eigenvalue weighted by Crippen LogP contribution is 2.24. The Morgan fingerprint density at radius 2 is 2.17 bits per heavy atom. The van der Waals surface area contributed by atoms with Crippen LogP contribution in [0, 0.1) is 0 Å². The van der Waals surface area contributed by atoms with Gasteiger partial charge in [0.1, 0.15) is 0 Å². The summed E-state index contributed by atoms with van der Waals surface area (Å²) in [5, 5.41) is 12.7. The molecule has 2 amide bonds. The first-order chi connectivity index (χ1) is 8.63. The number of nitrogens with zero attached hydrogens (tertiary/aromatic N) is 2. The second-order valence-corrected chi connectivity index (χ2v) is 4.25. The Morgan fingerprint density at radius 1 is 1.44 bits per heavy atom. The molecule has 0 aliphatic heterocycles. The summed E-state index contributed by atoms with van der Waals surface area (Å²) in [5.74, 6) is 0. The van der Waals surface area contributed by atoms with E-state index in [1.165, 1.54) is 4.90 Å². The lowest BCUT2D eigenvalue weighted by molar-refractivity contribution is 0.202. The zero-order valence-electron chi connectivity index (χ0n) is 10.6. The number of nitrogens with one attached hydrogen (secondary N) is 1. The smallest absolute Gasteiger partial charge is 0.321 e. The largest absolute Gasteiger partial charge is 0.395 e. The average molecular weight is 247 g/mol. The van der Waals surface area contributed by atoms with Crippen LogP contribution in [0.2, 0.25) is 0 Å². The molecule has 0 aliphatic rings. The van der Waals surface area contributed by atoms with Crippen LogP contribution in [0.3, 0.4) is 0 Å². The Balaban J connectivity index is 2.24. The van der Waals surface area contributed by atoms with Crippen molar-refractivity contribution in [3.63, 3.8) is 0 Å². The molecule has 0 unspecified atom stereocenters. The molecule has 0 spiro atoms. The number of aromatic nitrogens is 1. The number of benzene rings is 1. The first-order valence-corrected chi connectivity index (χ1v) is 5.80. The number of aliphatic hydroxyl groups is 1. The van der Waals surface area contributed by atoms with E-state index in [-0.39, 0.29) is 12.6 Å². The first kappa shape index (κ1) is 12.4. The van der Waals surface area contributed by atoms with E-state index in [0.717, 1.165) is 16.6 Å². The number of carbonyl (C=O) groups is 1. The summed E-state index contributed by atoms with van der Waals surface area (Å²) in [5.41, 5.74) is 1.85. The molecule has 18 heavy (non-hydrogen) atoms.